The minimum absolute atomic E-state index is 0.190. The molecular weight excluding hydrogens is 272 g/mol. The number of rotatable bonds is 3. The van der Waals surface area contributed by atoms with Crippen LogP contribution in [0.25, 0.3) is 0 Å². The van der Waals surface area contributed by atoms with Crippen molar-refractivity contribution in [1.29, 1.82) is 0 Å². The summed E-state index contributed by atoms with van der Waals surface area (Å²) in [6.45, 7) is 5.81. The number of likely N-dealkylation sites (tertiary alicyclic amines) is 1. The van der Waals surface area contributed by atoms with Gasteiger partial charge in [0, 0.05) is 38.3 Å². The highest BCUT2D eigenvalue weighted by atomic mass is 16.3. The molecule has 1 aliphatic heterocycles. The molecule has 1 aliphatic rings. The van der Waals surface area contributed by atoms with Crippen LogP contribution in [0, 0.1) is 0 Å². The highest BCUT2D eigenvalue weighted by Gasteiger charge is 2.35. The second-order valence-corrected chi connectivity index (χ2v) is 5.57. The van der Waals surface area contributed by atoms with Crippen molar-refractivity contribution in [3.05, 3.63) is 23.8 Å². The first-order valence-corrected chi connectivity index (χ1v) is 6.95. The van der Waals surface area contributed by atoms with Crippen molar-refractivity contribution in [2.75, 3.05) is 13.1 Å². The van der Waals surface area contributed by atoms with Crippen molar-refractivity contribution in [2.24, 2.45) is 0 Å². The molecule has 2 amide bonds. The lowest BCUT2D eigenvalue weighted by molar-refractivity contribution is -0.120. The molecule has 0 saturated carbocycles. The second kappa shape index (κ2) is 6.17. The van der Waals surface area contributed by atoms with Crippen molar-refractivity contribution in [2.45, 2.75) is 38.8 Å². The number of β-amino-alcohol motifs (C(OH)–C–C–N with tert-alkyl or cyclic N) is 1. The summed E-state index contributed by atoms with van der Waals surface area (Å²) in [5, 5.41) is 12.5. The van der Waals surface area contributed by atoms with Gasteiger partial charge in [0.05, 0.1) is 17.7 Å². The van der Waals surface area contributed by atoms with E-state index >= 15 is 0 Å². The number of nitrogens with zero attached hydrogens (tertiary/aromatic N) is 3. The van der Waals surface area contributed by atoms with E-state index in [1.54, 1.807) is 0 Å². The van der Waals surface area contributed by atoms with Gasteiger partial charge in [-0.05, 0) is 0 Å². The van der Waals surface area contributed by atoms with E-state index < -0.39 is 12.1 Å². The molecule has 1 saturated heterocycles. The van der Waals surface area contributed by atoms with E-state index in [9.17, 15) is 14.7 Å². The number of hydrogen-bond donors (Lipinski definition) is 2. The fourth-order valence-corrected chi connectivity index (χ4v) is 2.28. The molecular formula is C14H20N4O3. The molecule has 0 bridgehead atoms. The van der Waals surface area contributed by atoms with E-state index in [0.29, 0.717) is 11.4 Å². The fraction of sp³-hybridized carbons (Fsp3) is 0.571. The Hall–Kier alpha value is -2.02. The second-order valence-electron chi connectivity index (χ2n) is 5.57. The summed E-state index contributed by atoms with van der Waals surface area (Å²) < 4.78 is 0. The molecule has 2 N–H and O–H groups in total. The first-order valence-electron chi connectivity index (χ1n) is 6.95. The Bertz CT molecular complexity index is 530. The Balaban J connectivity index is 2.05. The molecule has 2 heterocycles. The van der Waals surface area contributed by atoms with Crippen LogP contribution in [0.5, 0.6) is 0 Å². The molecule has 1 aromatic heterocycles. The van der Waals surface area contributed by atoms with Crippen molar-refractivity contribution < 1.29 is 14.7 Å². The van der Waals surface area contributed by atoms with Gasteiger partial charge >= 0.3 is 0 Å². The zero-order chi connectivity index (χ0) is 15.6. The summed E-state index contributed by atoms with van der Waals surface area (Å²) in [5.41, 5.74) is 0.384. The standard InChI is InChI=1S/C14H20N4O3/c1-8(2)13-15-4-10(5-16-13)14(21)18-6-11(12(20)7-18)17-9(3)19/h4-5,8,11-12,20H,6-7H2,1-3H3,(H,17,19)/t11-,12-/m1/s1. The number of aliphatic hydroxyl groups is 1. The first kappa shape index (κ1) is 15.4. The van der Waals surface area contributed by atoms with Gasteiger partial charge in [-0.2, -0.15) is 0 Å². The van der Waals surface area contributed by atoms with Gasteiger partial charge in [0.15, 0.2) is 0 Å². The largest absolute Gasteiger partial charge is 0.389 e. The number of aliphatic hydroxyl groups excluding tert-OH is 1. The van der Waals surface area contributed by atoms with Crippen LogP contribution in [-0.4, -0.2) is 57.0 Å². The number of hydrogen-bond acceptors (Lipinski definition) is 5. The monoisotopic (exact) mass is 292 g/mol. The Morgan fingerprint density at radius 1 is 1.33 bits per heavy atom. The van der Waals surface area contributed by atoms with Crippen molar-refractivity contribution >= 4 is 11.8 Å². The van der Waals surface area contributed by atoms with E-state index in [-0.39, 0.29) is 30.8 Å². The van der Waals surface area contributed by atoms with Crippen LogP contribution in [-0.2, 0) is 4.79 Å². The summed E-state index contributed by atoms with van der Waals surface area (Å²) in [4.78, 5) is 33.2. The molecule has 0 aliphatic carbocycles. The predicted molar refractivity (Wildman–Crippen MR) is 75.6 cm³/mol. The number of amides is 2. The molecule has 0 aromatic carbocycles. The molecule has 114 valence electrons. The molecule has 2 atom stereocenters. The molecule has 0 spiro atoms. The predicted octanol–water partition coefficient (Wildman–Crippen LogP) is -0.0786. The fourth-order valence-electron chi connectivity index (χ4n) is 2.28. The van der Waals surface area contributed by atoms with Crippen LogP contribution in [0.4, 0.5) is 0 Å². The van der Waals surface area contributed by atoms with E-state index in [1.807, 2.05) is 13.8 Å². The lowest BCUT2D eigenvalue weighted by Crippen LogP contribution is -2.41. The first-order chi connectivity index (χ1) is 9.88. The molecule has 1 fully saturated rings. The quantitative estimate of drug-likeness (QED) is 0.812. The lowest BCUT2D eigenvalue weighted by atomic mass is 10.2. The Kier molecular flexibility index (Phi) is 4.52. The van der Waals surface area contributed by atoms with Gasteiger partial charge in [0.1, 0.15) is 5.82 Å². The molecule has 2 rings (SSSR count). The van der Waals surface area contributed by atoms with Crippen molar-refractivity contribution in [1.82, 2.24) is 20.2 Å². The van der Waals surface area contributed by atoms with E-state index in [0.717, 1.165) is 0 Å². The Morgan fingerprint density at radius 2 is 1.95 bits per heavy atom. The zero-order valence-corrected chi connectivity index (χ0v) is 12.4. The Labute approximate surface area is 123 Å². The summed E-state index contributed by atoms with van der Waals surface area (Å²) in [5.74, 6) is 0.422. The minimum Gasteiger partial charge on any atom is -0.389 e. The van der Waals surface area contributed by atoms with Crippen molar-refractivity contribution in [3.8, 4) is 0 Å². The summed E-state index contributed by atoms with van der Waals surface area (Å²) in [7, 11) is 0. The van der Waals surface area contributed by atoms with Crippen molar-refractivity contribution in [3.63, 3.8) is 0 Å². The summed E-state index contributed by atoms with van der Waals surface area (Å²) in [6.07, 6.45) is 2.25. The maximum Gasteiger partial charge on any atom is 0.257 e. The number of aromatic nitrogens is 2. The number of nitrogens with one attached hydrogen (secondary N) is 1. The molecule has 0 unspecified atom stereocenters. The Morgan fingerprint density at radius 3 is 2.48 bits per heavy atom. The van der Waals surface area contributed by atoms with Gasteiger partial charge < -0.3 is 15.3 Å². The molecule has 21 heavy (non-hydrogen) atoms. The maximum atomic E-state index is 12.3. The van der Waals surface area contributed by atoms with E-state index in [2.05, 4.69) is 15.3 Å². The van der Waals surface area contributed by atoms with Crippen LogP contribution in [0.15, 0.2) is 12.4 Å². The summed E-state index contributed by atoms with van der Waals surface area (Å²) in [6, 6.07) is -0.428. The van der Waals surface area contributed by atoms with Gasteiger partial charge in [-0.3, -0.25) is 9.59 Å². The van der Waals surface area contributed by atoms with Crippen LogP contribution in [0.3, 0.4) is 0 Å². The third-order valence-electron chi connectivity index (χ3n) is 3.40. The van der Waals surface area contributed by atoms with Gasteiger partial charge in [0.2, 0.25) is 5.91 Å². The van der Waals surface area contributed by atoms with E-state index in [1.165, 1.54) is 24.2 Å². The maximum absolute atomic E-state index is 12.3. The third-order valence-corrected chi connectivity index (χ3v) is 3.40. The number of carbonyl (C=O) groups excluding carboxylic acids is 2. The SMILES string of the molecule is CC(=O)N[C@@H]1CN(C(=O)c2cnc(C(C)C)nc2)C[C@H]1O. The average molecular weight is 292 g/mol. The van der Waals surface area contributed by atoms with Crippen LogP contribution >= 0.6 is 0 Å². The topological polar surface area (TPSA) is 95.4 Å². The third kappa shape index (κ3) is 3.55. The van der Waals surface area contributed by atoms with Crippen LogP contribution < -0.4 is 5.32 Å². The van der Waals surface area contributed by atoms with Gasteiger partial charge in [-0.25, -0.2) is 9.97 Å². The molecule has 0 radical (unpaired) electrons. The van der Waals surface area contributed by atoms with Gasteiger partial charge in [0.25, 0.3) is 5.91 Å². The molecule has 7 nitrogen and oxygen atoms in total. The van der Waals surface area contributed by atoms with Crippen LogP contribution in [0.2, 0.25) is 0 Å². The average Bonchev–Trinajstić information content (AvgIpc) is 2.78. The lowest BCUT2D eigenvalue weighted by Gasteiger charge is -2.16. The highest BCUT2D eigenvalue weighted by molar-refractivity contribution is 5.94. The minimum atomic E-state index is -0.756. The van der Waals surface area contributed by atoms with Crippen LogP contribution in [0.1, 0.15) is 42.9 Å². The highest BCUT2D eigenvalue weighted by Crippen LogP contribution is 2.15. The van der Waals surface area contributed by atoms with E-state index in [4.69, 9.17) is 0 Å². The number of carbonyl (C=O) groups is 2. The molecule has 1 aromatic rings. The van der Waals surface area contributed by atoms with Gasteiger partial charge in [-0.15, -0.1) is 0 Å². The summed E-state index contributed by atoms with van der Waals surface area (Å²) >= 11 is 0. The van der Waals surface area contributed by atoms with Gasteiger partial charge in [-0.1, -0.05) is 13.8 Å². The molecule has 7 heteroatoms. The zero-order valence-electron chi connectivity index (χ0n) is 12.4. The normalized spacial score (nSPS) is 21.7. The smallest absolute Gasteiger partial charge is 0.257 e.